The number of halogens is 2. The number of rotatable bonds is 7. The lowest BCUT2D eigenvalue weighted by atomic mass is 9.96. The summed E-state index contributed by atoms with van der Waals surface area (Å²) in [5, 5.41) is 7.33. The van der Waals surface area contributed by atoms with Gasteiger partial charge in [0.2, 0.25) is 0 Å². The number of hydrogen-bond acceptors (Lipinski definition) is 2. The molecule has 6 heteroatoms. The molecule has 0 radical (unpaired) electrons. The molecule has 1 saturated carbocycles. The normalized spacial score (nSPS) is 15.9. The summed E-state index contributed by atoms with van der Waals surface area (Å²) < 4.78 is 5.05. The number of nitrogens with one attached hydrogen (secondary N) is 2. The van der Waals surface area contributed by atoms with Crippen LogP contribution in [-0.2, 0) is 10.2 Å². The summed E-state index contributed by atoms with van der Waals surface area (Å²) in [6, 6.07) is 8.15. The standard InChI is InChI=1S/C16H24ClN3O.HI/c1-3-18-15(19-9-10-21-2)20-12-16(7-8-16)13-5-4-6-14(17)11-13;/h4-6,11H,3,7-10,12H2,1-2H3,(H2,18,19,20);1H. The average molecular weight is 438 g/mol. The molecule has 124 valence electrons. The summed E-state index contributed by atoms with van der Waals surface area (Å²) in [5.74, 6) is 0.850. The van der Waals surface area contributed by atoms with E-state index in [-0.39, 0.29) is 29.4 Å². The second-order valence-electron chi connectivity index (χ2n) is 5.41. The van der Waals surface area contributed by atoms with E-state index in [1.54, 1.807) is 7.11 Å². The first kappa shape index (κ1) is 19.5. The maximum atomic E-state index is 6.10. The topological polar surface area (TPSA) is 45.7 Å². The lowest BCUT2D eigenvalue weighted by molar-refractivity contribution is 0.203. The molecule has 2 rings (SSSR count). The predicted octanol–water partition coefficient (Wildman–Crippen LogP) is 3.19. The summed E-state index contributed by atoms with van der Waals surface area (Å²) in [4.78, 5) is 4.72. The molecular weight excluding hydrogens is 413 g/mol. The highest BCUT2D eigenvalue weighted by atomic mass is 127. The molecule has 0 unspecified atom stereocenters. The summed E-state index contributed by atoms with van der Waals surface area (Å²) in [6.45, 7) is 5.13. The number of ether oxygens (including phenoxy) is 1. The maximum Gasteiger partial charge on any atom is 0.191 e. The van der Waals surface area contributed by atoms with E-state index in [1.807, 2.05) is 12.1 Å². The van der Waals surface area contributed by atoms with Gasteiger partial charge in [-0.3, -0.25) is 4.99 Å². The smallest absolute Gasteiger partial charge is 0.191 e. The zero-order valence-electron chi connectivity index (χ0n) is 13.2. The van der Waals surface area contributed by atoms with Crippen LogP contribution in [0.1, 0.15) is 25.3 Å². The number of aliphatic imine (C=N–C) groups is 1. The van der Waals surface area contributed by atoms with Gasteiger partial charge in [-0.25, -0.2) is 0 Å². The van der Waals surface area contributed by atoms with Gasteiger partial charge in [0.25, 0.3) is 0 Å². The lowest BCUT2D eigenvalue weighted by Gasteiger charge is -2.16. The third kappa shape index (κ3) is 5.59. The Labute approximate surface area is 155 Å². The van der Waals surface area contributed by atoms with Gasteiger partial charge in [-0.1, -0.05) is 23.7 Å². The van der Waals surface area contributed by atoms with Crippen molar-refractivity contribution >= 4 is 41.5 Å². The van der Waals surface area contributed by atoms with Gasteiger partial charge in [-0.15, -0.1) is 24.0 Å². The molecular formula is C16H25ClIN3O. The highest BCUT2D eigenvalue weighted by Crippen LogP contribution is 2.48. The third-order valence-corrected chi connectivity index (χ3v) is 4.01. The Bertz CT molecular complexity index is 492. The van der Waals surface area contributed by atoms with E-state index in [1.165, 1.54) is 18.4 Å². The zero-order chi connectivity index (χ0) is 15.1. The molecule has 0 atom stereocenters. The molecule has 1 aromatic carbocycles. The molecule has 0 heterocycles. The molecule has 2 N–H and O–H groups in total. The second kappa shape index (κ2) is 9.57. The molecule has 0 aliphatic heterocycles. The van der Waals surface area contributed by atoms with Crippen LogP contribution in [0.15, 0.2) is 29.3 Å². The fraction of sp³-hybridized carbons (Fsp3) is 0.562. The minimum atomic E-state index is 0. The van der Waals surface area contributed by atoms with E-state index in [0.717, 1.165) is 30.6 Å². The van der Waals surface area contributed by atoms with E-state index in [9.17, 15) is 0 Å². The van der Waals surface area contributed by atoms with Crippen molar-refractivity contribution in [3.05, 3.63) is 34.9 Å². The maximum absolute atomic E-state index is 6.10. The van der Waals surface area contributed by atoms with Crippen molar-refractivity contribution in [2.45, 2.75) is 25.2 Å². The molecule has 0 amide bonds. The summed E-state index contributed by atoms with van der Waals surface area (Å²) in [6.07, 6.45) is 2.35. The van der Waals surface area contributed by atoms with Gasteiger partial charge >= 0.3 is 0 Å². The van der Waals surface area contributed by atoms with Crippen LogP contribution in [0.4, 0.5) is 0 Å². The molecule has 22 heavy (non-hydrogen) atoms. The average Bonchev–Trinajstić information content (AvgIpc) is 3.26. The first-order valence-electron chi connectivity index (χ1n) is 7.47. The minimum absolute atomic E-state index is 0. The van der Waals surface area contributed by atoms with E-state index < -0.39 is 0 Å². The number of nitrogens with zero attached hydrogens (tertiary/aromatic N) is 1. The quantitative estimate of drug-likeness (QED) is 0.298. The Morgan fingerprint density at radius 3 is 2.73 bits per heavy atom. The molecule has 0 saturated heterocycles. The Kier molecular flexibility index (Phi) is 8.49. The summed E-state index contributed by atoms with van der Waals surface area (Å²) >= 11 is 6.10. The largest absolute Gasteiger partial charge is 0.383 e. The Hall–Kier alpha value is -0.530. The monoisotopic (exact) mass is 437 g/mol. The Balaban J connectivity index is 0.00000242. The van der Waals surface area contributed by atoms with Gasteiger partial charge in [0.05, 0.1) is 13.2 Å². The van der Waals surface area contributed by atoms with Crippen LogP contribution in [0.3, 0.4) is 0 Å². The van der Waals surface area contributed by atoms with Gasteiger partial charge < -0.3 is 15.4 Å². The SMILES string of the molecule is CCNC(=NCC1(c2cccc(Cl)c2)CC1)NCCOC.I. The van der Waals surface area contributed by atoms with Crippen molar-refractivity contribution in [3.63, 3.8) is 0 Å². The van der Waals surface area contributed by atoms with Crippen molar-refractivity contribution in [1.82, 2.24) is 10.6 Å². The molecule has 1 fully saturated rings. The number of methoxy groups -OCH3 is 1. The van der Waals surface area contributed by atoms with Gasteiger partial charge in [0, 0.05) is 30.6 Å². The highest BCUT2D eigenvalue weighted by Gasteiger charge is 2.44. The van der Waals surface area contributed by atoms with Crippen molar-refractivity contribution in [1.29, 1.82) is 0 Å². The van der Waals surface area contributed by atoms with Crippen LogP contribution in [0.5, 0.6) is 0 Å². The highest BCUT2D eigenvalue weighted by molar-refractivity contribution is 14.0. The van der Waals surface area contributed by atoms with Crippen LogP contribution in [0.2, 0.25) is 5.02 Å². The Morgan fingerprint density at radius 2 is 2.14 bits per heavy atom. The van der Waals surface area contributed by atoms with E-state index in [0.29, 0.717) is 6.61 Å². The zero-order valence-corrected chi connectivity index (χ0v) is 16.3. The molecule has 0 bridgehead atoms. The number of hydrogen-bond donors (Lipinski definition) is 2. The van der Waals surface area contributed by atoms with Crippen molar-refractivity contribution < 1.29 is 4.74 Å². The molecule has 0 aromatic heterocycles. The first-order valence-corrected chi connectivity index (χ1v) is 7.85. The molecule has 4 nitrogen and oxygen atoms in total. The predicted molar refractivity (Wildman–Crippen MR) is 104 cm³/mol. The third-order valence-electron chi connectivity index (χ3n) is 3.77. The fourth-order valence-corrected chi connectivity index (χ4v) is 2.54. The Morgan fingerprint density at radius 1 is 1.36 bits per heavy atom. The van der Waals surface area contributed by atoms with Crippen molar-refractivity contribution in [2.75, 3.05) is 33.4 Å². The molecule has 1 aliphatic carbocycles. The van der Waals surface area contributed by atoms with E-state index in [2.05, 4.69) is 29.7 Å². The van der Waals surface area contributed by atoms with Crippen LogP contribution >= 0.6 is 35.6 Å². The van der Waals surface area contributed by atoms with Crippen molar-refractivity contribution in [3.8, 4) is 0 Å². The molecule has 1 aromatic rings. The number of benzene rings is 1. The van der Waals surface area contributed by atoms with Crippen LogP contribution in [0, 0.1) is 0 Å². The van der Waals surface area contributed by atoms with E-state index in [4.69, 9.17) is 21.3 Å². The van der Waals surface area contributed by atoms with Crippen LogP contribution < -0.4 is 10.6 Å². The van der Waals surface area contributed by atoms with Gasteiger partial charge in [-0.05, 0) is 37.5 Å². The van der Waals surface area contributed by atoms with Gasteiger partial charge in [-0.2, -0.15) is 0 Å². The second-order valence-corrected chi connectivity index (χ2v) is 5.84. The van der Waals surface area contributed by atoms with E-state index >= 15 is 0 Å². The minimum Gasteiger partial charge on any atom is -0.383 e. The summed E-state index contributed by atoms with van der Waals surface area (Å²) in [5.41, 5.74) is 1.47. The van der Waals surface area contributed by atoms with Crippen LogP contribution in [0.25, 0.3) is 0 Å². The first-order chi connectivity index (χ1) is 10.2. The number of guanidine groups is 1. The van der Waals surface area contributed by atoms with Gasteiger partial charge in [0.15, 0.2) is 5.96 Å². The lowest BCUT2D eigenvalue weighted by Crippen LogP contribution is -2.39. The summed E-state index contributed by atoms with van der Waals surface area (Å²) in [7, 11) is 1.70. The van der Waals surface area contributed by atoms with Gasteiger partial charge in [0.1, 0.15) is 0 Å². The van der Waals surface area contributed by atoms with Crippen LogP contribution in [-0.4, -0.2) is 39.3 Å². The van der Waals surface area contributed by atoms with Crippen molar-refractivity contribution in [2.24, 2.45) is 4.99 Å². The fourth-order valence-electron chi connectivity index (χ4n) is 2.35. The molecule has 0 spiro atoms. The molecule has 1 aliphatic rings.